The van der Waals surface area contributed by atoms with Gasteiger partial charge in [-0.25, -0.2) is 0 Å². The maximum Gasteiger partial charge on any atom is 0.303 e. The third kappa shape index (κ3) is 2.25. The molecule has 2 atom stereocenters. The Morgan fingerprint density at radius 2 is 1.50 bits per heavy atom. The van der Waals surface area contributed by atoms with Crippen LogP contribution in [0.4, 0.5) is 0 Å². The number of ether oxygens (including phenoxy) is 2. The lowest BCUT2D eigenvalue weighted by molar-refractivity contribution is -0.168. The molecule has 2 unspecified atom stereocenters. The van der Waals surface area contributed by atoms with Crippen LogP contribution in [0.15, 0.2) is 54.1 Å². The maximum atomic E-state index is 12.2. The molecule has 1 heterocycles. The Kier molecular flexibility index (Phi) is 3.36. The second-order valence-electron chi connectivity index (χ2n) is 9.02. The van der Waals surface area contributed by atoms with Crippen LogP contribution in [0.1, 0.15) is 50.2 Å². The molecule has 5 aliphatic rings. The van der Waals surface area contributed by atoms with Crippen LogP contribution in [0.3, 0.4) is 0 Å². The fourth-order valence-electron chi connectivity index (χ4n) is 6.67. The quantitative estimate of drug-likeness (QED) is 0.511. The van der Waals surface area contributed by atoms with Gasteiger partial charge in [-0.2, -0.15) is 0 Å². The molecule has 2 aromatic carbocycles. The van der Waals surface area contributed by atoms with Gasteiger partial charge in [0.15, 0.2) is 0 Å². The van der Waals surface area contributed by atoms with E-state index in [9.17, 15) is 4.79 Å². The molecule has 4 fully saturated rings. The number of carbonyl (C=O) groups excluding carboxylic acids is 1. The number of hydrogen-bond acceptors (Lipinski definition) is 3. The number of para-hydroxylation sites is 2. The lowest BCUT2D eigenvalue weighted by atomic mass is 9.50. The van der Waals surface area contributed by atoms with Crippen LogP contribution in [-0.2, 0) is 9.53 Å². The van der Waals surface area contributed by atoms with E-state index in [4.69, 9.17) is 9.47 Å². The SMILES string of the molecule is CC(=O)OC12CC3CC(CC(C3)C1=C1c3ccccc3Oc3ccccc31)C2. The van der Waals surface area contributed by atoms with E-state index < -0.39 is 5.60 Å². The maximum absolute atomic E-state index is 12.2. The molecule has 0 saturated heterocycles. The molecular weight excluding hydrogens is 348 g/mol. The van der Waals surface area contributed by atoms with Crippen LogP contribution in [0, 0.1) is 17.8 Å². The minimum atomic E-state index is -0.437. The number of esters is 1. The summed E-state index contributed by atoms with van der Waals surface area (Å²) >= 11 is 0. The largest absolute Gasteiger partial charge is 0.456 e. The lowest BCUT2D eigenvalue weighted by Gasteiger charge is -2.58. The minimum Gasteiger partial charge on any atom is -0.456 e. The van der Waals surface area contributed by atoms with Crippen molar-refractivity contribution in [1.29, 1.82) is 0 Å². The Balaban J connectivity index is 1.66. The fourth-order valence-corrected chi connectivity index (χ4v) is 6.67. The van der Waals surface area contributed by atoms with E-state index in [1.165, 1.54) is 30.4 Å². The van der Waals surface area contributed by atoms with Crippen molar-refractivity contribution in [2.24, 2.45) is 17.8 Å². The van der Waals surface area contributed by atoms with Gasteiger partial charge in [-0.3, -0.25) is 4.79 Å². The number of rotatable bonds is 1. The van der Waals surface area contributed by atoms with Gasteiger partial charge in [0.2, 0.25) is 0 Å². The van der Waals surface area contributed by atoms with Gasteiger partial charge >= 0.3 is 5.97 Å². The van der Waals surface area contributed by atoms with Crippen molar-refractivity contribution in [3.05, 3.63) is 65.2 Å². The van der Waals surface area contributed by atoms with E-state index in [2.05, 4.69) is 24.3 Å². The van der Waals surface area contributed by atoms with Gasteiger partial charge in [-0.05, 0) is 73.1 Å². The van der Waals surface area contributed by atoms with Crippen LogP contribution in [0.25, 0.3) is 5.57 Å². The van der Waals surface area contributed by atoms with Gasteiger partial charge in [0.05, 0.1) is 0 Å². The van der Waals surface area contributed by atoms with Gasteiger partial charge in [0.25, 0.3) is 0 Å². The minimum absolute atomic E-state index is 0.159. The second kappa shape index (κ2) is 5.73. The molecule has 0 amide bonds. The smallest absolute Gasteiger partial charge is 0.303 e. The molecule has 4 bridgehead atoms. The topological polar surface area (TPSA) is 35.5 Å². The summed E-state index contributed by atoms with van der Waals surface area (Å²) in [4.78, 5) is 12.2. The van der Waals surface area contributed by atoms with E-state index in [0.29, 0.717) is 17.8 Å². The van der Waals surface area contributed by atoms with Crippen molar-refractivity contribution in [2.75, 3.05) is 0 Å². The average molecular weight is 372 g/mol. The Morgan fingerprint density at radius 3 is 2.07 bits per heavy atom. The standard InChI is InChI=1S/C25H24O3/c1-15(26)28-25-13-16-10-17(14-25)12-18(11-16)24(25)23-19-6-2-4-8-21(19)27-22-9-5-3-7-20(22)23/h2-9,16-18H,10-14H2,1H3. The van der Waals surface area contributed by atoms with Crippen LogP contribution < -0.4 is 4.74 Å². The van der Waals surface area contributed by atoms with Crippen molar-refractivity contribution in [2.45, 2.75) is 44.6 Å². The summed E-state index contributed by atoms with van der Waals surface area (Å²) in [6.07, 6.45) is 5.71. The van der Waals surface area contributed by atoms with Crippen molar-refractivity contribution < 1.29 is 14.3 Å². The summed E-state index contributed by atoms with van der Waals surface area (Å²) in [6, 6.07) is 16.6. The predicted octanol–water partition coefficient (Wildman–Crippen LogP) is 5.74. The molecule has 0 aromatic heterocycles. The molecule has 0 spiro atoms. The van der Waals surface area contributed by atoms with Crippen LogP contribution >= 0.6 is 0 Å². The third-order valence-corrected chi connectivity index (χ3v) is 7.18. The molecule has 4 aliphatic carbocycles. The highest BCUT2D eigenvalue weighted by molar-refractivity contribution is 5.91. The van der Waals surface area contributed by atoms with Crippen molar-refractivity contribution in [1.82, 2.24) is 0 Å². The molecule has 0 N–H and O–H groups in total. The number of carbonyl (C=O) groups is 1. The Labute approximate surface area is 165 Å². The fraction of sp³-hybridized carbons (Fsp3) is 0.400. The molecule has 142 valence electrons. The van der Waals surface area contributed by atoms with Gasteiger partial charge in [0, 0.05) is 18.1 Å². The highest BCUT2D eigenvalue weighted by Crippen LogP contribution is 2.63. The Hall–Kier alpha value is -2.55. The monoisotopic (exact) mass is 372 g/mol. The molecule has 1 aliphatic heterocycles. The van der Waals surface area contributed by atoms with Gasteiger partial charge in [-0.1, -0.05) is 36.4 Å². The number of benzene rings is 2. The molecule has 7 rings (SSSR count). The van der Waals surface area contributed by atoms with E-state index in [1.54, 1.807) is 6.92 Å². The Bertz CT molecular complexity index is 956. The van der Waals surface area contributed by atoms with Gasteiger partial charge < -0.3 is 9.47 Å². The van der Waals surface area contributed by atoms with Gasteiger partial charge in [0.1, 0.15) is 17.1 Å². The van der Waals surface area contributed by atoms with E-state index >= 15 is 0 Å². The molecule has 4 saturated carbocycles. The zero-order valence-electron chi connectivity index (χ0n) is 16.1. The predicted molar refractivity (Wildman–Crippen MR) is 107 cm³/mol. The van der Waals surface area contributed by atoms with E-state index in [-0.39, 0.29) is 5.97 Å². The first kappa shape index (κ1) is 16.4. The lowest BCUT2D eigenvalue weighted by Crippen LogP contribution is -2.55. The van der Waals surface area contributed by atoms with Gasteiger partial charge in [-0.15, -0.1) is 0 Å². The molecule has 2 aromatic rings. The Morgan fingerprint density at radius 1 is 0.929 bits per heavy atom. The highest BCUT2D eigenvalue weighted by atomic mass is 16.6. The zero-order chi connectivity index (χ0) is 18.9. The van der Waals surface area contributed by atoms with E-state index in [0.717, 1.165) is 35.5 Å². The molecule has 3 nitrogen and oxygen atoms in total. The normalized spacial score (nSPS) is 31.8. The highest BCUT2D eigenvalue weighted by Gasteiger charge is 2.57. The summed E-state index contributed by atoms with van der Waals surface area (Å²) in [5, 5.41) is 0. The molecule has 28 heavy (non-hydrogen) atoms. The van der Waals surface area contributed by atoms with E-state index in [1.807, 2.05) is 24.3 Å². The third-order valence-electron chi connectivity index (χ3n) is 7.18. The molecule has 0 radical (unpaired) electrons. The summed E-state index contributed by atoms with van der Waals surface area (Å²) in [5.74, 6) is 3.51. The second-order valence-corrected chi connectivity index (χ2v) is 9.02. The van der Waals surface area contributed by atoms with Crippen LogP contribution in [-0.4, -0.2) is 11.6 Å². The van der Waals surface area contributed by atoms with Crippen molar-refractivity contribution in [3.63, 3.8) is 0 Å². The molecular formula is C25H24O3. The summed E-state index contributed by atoms with van der Waals surface area (Å²) < 4.78 is 12.4. The first-order valence-electron chi connectivity index (χ1n) is 10.4. The van der Waals surface area contributed by atoms with Crippen molar-refractivity contribution >= 4 is 11.5 Å². The number of fused-ring (bicyclic) bond motifs is 2. The first-order valence-corrected chi connectivity index (χ1v) is 10.4. The number of hydrogen-bond donors (Lipinski definition) is 0. The summed E-state index contributed by atoms with van der Waals surface area (Å²) in [5.41, 5.74) is 4.44. The average Bonchev–Trinajstić information content (AvgIpc) is 2.65. The summed E-state index contributed by atoms with van der Waals surface area (Å²) in [7, 11) is 0. The zero-order valence-corrected chi connectivity index (χ0v) is 16.1. The summed E-state index contributed by atoms with van der Waals surface area (Å²) in [6.45, 7) is 1.56. The van der Waals surface area contributed by atoms with Crippen molar-refractivity contribution in [3.8, 4) is 11.5 Å². The first-order chi connectivity index (χ1) is 13.6. The van der Waals surface area contributed by atoms with Crippen LogP contribution in [0.2, 0.25) is 0 Å². The van der Waals surface area contributed by atoms with Crippen LogP contribution in [0.5, 0.6) is 11.5 Å². The molecule has 3 heteroatoms.